The Hall–Kier alpha value is -1.66. The Morgan fingerprint density at radius 3 is 1.46 bits per heavy atom. The minimum Gasteiger partial charge on any atom is -0.382 e. The molecule has 0 unspecified atom stereocenters. The second-order valence-electron chi connectivity index (χ2n) is 1.59. The molecule has 0 amide bonds. The Bertz CT molecular complexity index is 254. The summed E-state index contributed by atoms with van der Waals surface area (Å²) >= 11 is 0. The molecule has 0 aliphatic heterocycles. The summed E-state index contributed by atoms with van der Waals surface area (Å²) in [6, 6.07) is 0. The molecule has 0 heterocycles. The van der Waals surface area contributed by atoms with Gasteiger partial charge in [0, 0.05) is 0 Å². The number of carbonyl (C=O) groups is 2. The standard InChI is InChI=1S/C6H2F4O3/c7-1-3(9)5(11)13-6(12)4(10)2-8/h1-2H. The lowest BCUT2D eigenvalue weighted by Gasteiger charge is -1.96. The zero-order valence-electron chi connectivity index (χ0n) is 5.89. The van der Waals surface area contributed by atoms with E-state index in [-0.39, 0.29) is 0 Å². The molecule has 0 fully saturated rings. The first-order chi connectivity index (χ1) is 6.02. The molecule has 0 aromatic heterocycles. The Balaban J connectivity index is 4.32. The lowest BCUT2D eigenvalue weighted by atomic mass is 10.5. The number of ether oxygens (including phenoxy) is 1. The van der Waals surface area contributed by atoms with Gasteiger partial charge in [-0.3, -0.25) is 0 Å². The maximum Gasteiger partial charge on any atom is 0.377 e. The molecule has 0 aromatic carbocycles. The molecule has 3 nitrogen and oxygen atoms in total. The Kier molecular flexibility index (Phi) is 4.42. The van der Waals surface area contributed by atoms with E-state index < -0.39 is 36.3 Å². The van der Waals surface area contributed by atoms with E-state index in [4.69, 9.17) is 0 Å². The molecule has 0 saturated heterocycles. The third-order valence-electron chi connectivity index (χ3n) is 0.767. The number of halogens is 4. The van der Waals surface area contributed by atoms with Gasteiger partial charge < -0.3 is 4.74 Å². The minimum absolute atomic E-state index is 0.785. The van der Waals surface area contributed by atoms with E-state index in [1.54, 1.807) is 0 Å². The second kappa shape index (κ2) is 5.07. The summed E-state index contributed by atoms with van der Waals surface area (Å²) < 4.78 is 49.5. The van der Waals surface area contributed by atoms with E-state index in [0.717, 1.165) is 0 Å². The number of hydrogen-bond donors (Lipinski definition) is 0. The van der Waals surface area contributed by atoms with Gasteiger partial charge in [-0.15, -0.1) is 0 Å². The predicted molar refractivity (Wildman–Crippen MR) is 31.7 cm³/mol. The lowest BCUT2D eigenvalue weighted by molar-refractivity contribution is -0.156. The molecular weight excluding hydrogens is 196 g/mol. The highest BCUT2D eigenvalue weighted by Gasteiger charge is 2.19. The van der Waals surface area contributed by atoms with Crippen LogP contribution in [0.25, 0.3) is 0 Å². The molecule has 0 radical (unpaired) electrons. The van der Waals surface area contributed by atoms with Crippen molar-refractivity contribution in [3.63, 3.8) is 0 Å². The molecule has 0 bridgehead atoms. The molecule has 13 heavy (non-hydrogen) atoms. The normalized spacial score (nSPS) is 12.6. The van der Waals surface area contributed by atoms with Crippen LogP contribution in [-0.4, -0.2) is 11.9 Å². The molecule has 0 aliphatic carbocycles. The van der Waals surface area contributed by atoms with Gasteiger partial charge >= 0.3 is 11.9 Å². The fourth-order valence-corrected chi connectivity index (χ4v) is 0.271. The van der Waals surface area contributed by atoms with Gasteiger partial charge in [-0.2, -0.15) is 8.78 Å². The Morgan fingerprint density at radius 2 is 1.23 bits per heavy atom. The lowest BCUT2D eigenvalue weighted by Crippen LogP contribution is -2.12. The molecule has 0 saturated carbocycles. The molecular formula is C6H2F4O3. The van der Waals surface area contributed by atoms with E-state index in [0.29, 0.717) is 0 Å². The topological polar surface area (TPSA) is 43.4 Å². The van der Waals surface area contributed by atoms with Gasteiger partial charge in [-0.1, -0.05) is 0 Å². The van der Waals surface area contributed by atoms with Crippen LogP contribution in [-0.2, 0) is 14.3 Å². The predicted octanol–water partition coefficient (Wildman–Crippen LogP) is 1.62. The van der Waals surface area contributed by atoms with Crippen molar-refractivity contribution in [1.29, 1.82) is 0 Å². The highest BCUT2D eigenvalue weighted by molar-refractivity contribution is 5.99. The molecule has 0 spiro atoms. The Labute approximate surface area is 69.3 Å². The summed E-state index contributed by atoms with van der Waals surface area (Å²) in [4.78, 5) is 20.3. The molecule has 7 heteroatoms. The average molecular weight is 198 g/mol. The van der Waals surface area contributed by atoms with Crippen molar-refractivity contribution in [3.8, 4) is 0 Å². The third kappa shape index (κ3) is 3.50. The summed E-state index contributed by atoms with van der Waals surface area (Å²) in [5.74, 6) is -8.13. The van der Waals surface area contributed by atoms with E-state index in [2.05, 4.69) is 4.74 Å². The van der Waals surface area contributed by atoms with Crippen LogP contribution in [0.5, 0.6) is 0 Å². The van der Waals surface area contributed by atoms with Crippen LogP contribution in [0.2, 0.25) is 0 Å². The van der Waals surface area contributed by atoms with Crippen molar-refractivity contribution in [2.45, 2.75) is 0 Å². The minimum atomic E-state index is -2.04. The van der Waals surface area contributed by atoms with Crippen molar-refractivity contribution in [2.75, 3.05) is 0 Å². The highest BCUT2D eigenvalue weighted by Crippen LogP contribution is 2.05. The largest absolute Gasteiger partial charge is 0.382 e. The van der Waals surface area contributed by atoms with Gasteiger partial charge in [0.2, 0.25) is 11.7 Å². The molecule has 72 valence electrons. The zero-order valence-corrected chi connectivity index (χ0v) is 5.89. The van der Waals surface area contributed by atoms with Crippen LogP contribution in [0.15, 0.2) is 24.3 Å². The summed E-state index contributed by atoms with van der Waals surface area (Å²) in [6.45, 7) is 0. The van der Waals surface area contributed by atoms with Gasteiger partial charge in [0.05, 0.1) is 0 Å². The number of carbonyl (C=O) groups excluding carboxylic acids is 2. The molecule has 0 N–H and O–H groups in total. The third-order valence-corrected chi connectivity index (χ3v) is 0.767. The number of esters is 2. The molecule has 0 aliphatic rings. The summed E-state index contributed by atoms with van der Waals surface area (Å²) in [5, 5.41) is 0. The maximum absolute atomic E-state index is 11.9. The highest BCUT2D eigenvalue weighted by atomic mass is 19.2. The monoisotopic (exact) mass is 198 g/mol. The first-order valence-corrected chi connectivity index (χ1v) is 2.71. The first kappa shape index (κ1) is 11.3. The van der Waals surface area contributed by atoms with Crippen LogP contribution in [0.3, 0.4) is 0 Å². The molecule has 0 aromatic rings. The van der Waals surface area contributed by atoms with E-state index in [9.17, 15) is 27.2 Å². The number of hydrogen-bond acceptors (Lipinski definition) is 3. The SMILES string of the molecule is O=C(OC(=O)C(F)=CF)C(F)=CF. The van der Waals surface area contributed by atoms with Gasteiger partial charge in [0.1, 0.15) is 12.7 Å². The van der Waals surface area contributed by atoms with Gasteiger partial charge in [-0.05, 0) is 0 Å². The average Bonchev–Trinajstić information content (AvgIpc) is 2.14. The Morgan fingerprint density at radius 1 is 0.923 bits per heavy atom. The van der Waals surface area contributed by atoms with Gasteiger partial charge in [-0.25, -0.2) is 18.4 Å². The van der Waals surface area contributed by atoms with Crippen molar-refractivity contribution >= 4 is 11.9 Å². The number of rotatable bonds is 2. The maximum atomic E-state index is 11.9. The van der Waals surface area contributed by atoms with Crippen molar-refractivity contribution < 1.29 is 31.9 Å². The van der Waals surface area contributed by atoms with Crippen LogP contribution in [0.4, 0.5) is 17.6 Å². The fourth-order valence-electron chi connectivity index (χ4n) is 0.271. The van der Waals surface area contributed by atoms with Crippen LogP contribution < -0.4 is 0 Å². The smallest absolute Gasteiger partial charge is 0.377 e. The van der Waals surface area contributed by atoms with Gasteiger partial charge in [0.25, 0.3) is 0 Å². The van der Waals surface area contributed by atoms with Crippen molar-refractivity contribution in [3.05, 3.63) is 24.3 Å². The summed E-state index contributed by atoms with van der Waals surface area (Å²) in [7, 11) is 0. The summed E-state index contributed by atoms with van der Waals surface area (Å²) in [6.07, 6.45) is -1.57. The van der Waals surface area contributed by atoms with Crippen LogP contribution in [0, 0.1) is 0 Å². The van der Waals surface area contributed by atoms with Gasteiger partial charge in [0.15, 0.2) is 0 Å². The van der Waals surface area contributed by atoms with E-state index in [1.165, 1.54) is 0 Å². The second-order valence-corrected chi connectivity index (χ2v) is 1.59. The summed E-state index contributed by atoms with van der Waals surface area (Å²) in [5.41, 5.74) is 0. The zero-order chi connectivity index (χ0) is 10.4. The van der Waals surface area contributed by atoms with Crippen molar-refractivity contribution in [2.24, 2.45) is 0 Å². The van der Waals surface area contributed by atoms with Crippen LogP contribution in [0.1, 0.15) is 0 Å². The first-order valence-electron chi connectivity index (χ1n) is 2.71. The fraction of sp³-hybridized carbons (Fsp3) is 0. The molecule has 0 atom stereocenters. The van der Waals surface area contributed by atoms with Crippen LogP contribution >= 0.6 is 0 Å². The molecule has 0 rings (SSSR count). The quantitative estimate of drug-likeness (QED) is 0.293. The van der Waals surface area contributed by atoms with E-state index in [1.807, 2.05) is 0 Å². The van der Waals surface area contributed by atoms with Crippen molar-refractivity contribution in [1.82, 2.24) is 0 Å². The van der Waals surface area contributed by atoms with E-state index >= 15 is 0 Å².